The van der Waals surface area contributed by atoms with E-state index in [1.165, 1.54) is 37.5 Å². The number of carbonyl (C=O) groups is 2. The van der Waals surface area contributed by atoms with Crippen LogP contribution >= 0.6 is 24.0 Å². The summed E-state index contributed by atoms with van der Waals surface area (Å²) in [6.45, 7) is 0. The van der Waals surface area contributed by atoms with Crippen LogP contribution in [0.3, 0.4) is 0 Å². The summed E-state index contributed by atoms with van der Waals surface area (Å²) in [5, 5.41) is 0.933. The second-order valence-electron chi connectivity index (χ2n) is 5.81. The van der Waals surface area contributed by atoms with Crippen LogP contribution in [0.2, 0.25) is 0 Å². The standard InChI is InChI=1S/C19H13F3N2O3S2/c1-27-14-8-4-12(5-9-14)16(25)23-24-17(26)15(29-18(24)28)10-11-2-6-13(7-3-11)19(20,21)22/h2-10H,1H3,(H,23,25). The van der Waals surface area contributed by atoms with Crippen molar-refractivity contribution in [1.82, 2.24) is 10.4 Å². The van der Waals surface area contributed by atoms with Gasteiger partial charge < -0.3 is 4.74 Å². The summed E-state index contributed by atoms with van der Waals surface area (Å²) in [7, 11) is 1.50. The Morgan fingerprint density at radius 3 is 2.31 bits per heavy atom. The van der Waals surface area contributed by atoms with Gasteiger partial charge in [-0.3, -0.25) is 15.0 Å². The highest BCUT2D eigenvalue weighted by atomic mass is 32.2. The second kappa shape index (κ2) is 8.26. The molecule has 5 nitrogen and oxygen atoms in total. The number of nitrogens with one attached hydrogen (secondary N) is 1. The number of hydrogen-bond donors (Lipinski definition) is 1. The van der Waals surface area contributed by atoms with Crippen LogP contribution in [0.15, 0.2) is 53.4 Å². The molecule has 1 saturated heterocycles. The Morgan fingerprint density at radius 2 is 1.76 bits per heavy atom. The number of benzene rings is 2. The molecule has 150 valence electrons. The number of thioether (sulfide) groups is 1. The van der Waals surface area contributed by atoms with Crippen molar-refractivity contribution in [1.29, 1.82) is 0 Å². The minimum atomic E-state index is -4.44. The minimum absolute atomic E-state index is 0.107. The summed E-state index contributed by atoms with van der Waals surface area (Å²) in [5.41, 5.74) is 2.35. The summed E-state index contributed by atoms with van der Waals surface area (Å²) in [6, 6.07) is 10.6. The molecule has 29 heavy (non-hydrogen) atoms. The van der Waals surface area contributed by atoms with Crippen molar-refractivity contribution in [2.45, 2.75) is 6.18 Å². The van der Waals surface area contributed by atoms with Crippen molar-refractivity contribution in [3.8, 4) is 5.75 Å². The average molecular weight is 438 g/mol. The summed E-state index contributed by atoms with van der Waals surface area (Å²) in [6.07, 6.45) is -3.02. The first-order valence-electron chi connectivity index (χ1n) is 8.09. The maximum Gasteiger partial charge on any atom is 0.416 e. The first-order chi connectivity index (χ1) is 13.7. The fourth-order valence-electron chi connectivity index (χ4n) is 2.39. The topological polar surface area (TPSA) is 58.6 Å². The van der Waals surface area contributed by atoms with E-state index >= 15 is 0 Å². The molecule has 2 aromatic carbocycles. The third-order valence-electron chi connectivity index (χ3n) is 3.90. The Morgan fingerprint density at radius 1 is 1.14 bits per heavy atom. The molecular weight excluding hydrogens is 425 g/mol. The van der Waals surface area contributed by atoms with Crippen LogP contribution in [0.1, 0.15) is 21.5 Å². The van der Waals surface area contributed by atoms with Crippen molar-refractivity contribution >= 4 is 46.2 Å². The Balaban J connectivity index is 1.73. The summed E-state index contributed by atoms with van der Waals surface area (Å²) in [5.74, 6) is -0.534. The molecule has 10 heteroatoms. The van der Waals surface area contributed by atoms with E-state index in [1.807, 2.05) is 0 Å². The van der Waals surface area contributed by atoms with E-state index in [-0.39, 0.29) is 9.23 Å². The van der Waals surface area contributed by atoms with Crippen LogP contribution in [-0.4, -0.2) is 28.3 Å². The van der Waals surface area contributed by atoms with Gasteiger partial charge in [0, 0.05) is 5.56 Å². The van der Waals surface area contributed by atoms with Gasteiger partial charge in [0.2, 0.25) is 0 Å². The Hall–Kier alpha value is -2.85. The number of nitrogens with zero attached hydrogens (tertiary/aromatic N) is 1. The number of amides is 2. The molecule has 1 fully saturated rings. The van der Waals surface area contributed by atoms with Crippen LogP contribution in [0, 0.1) is 0 Å². The molecule has 0 spiro atoms. The Kier molecular flexibility index (Phi) is 5.94. The van der Waals surface area contributed by atoms with E-state index in [0.29, 0.717) is 16.9 Å². The average Bonchev–Trinajstić information content (AvgIpc) is 2.95. The molecule has 1 aliphatic rings. The number of methoxy groups -OCH3 is 1. The van der Waals surface area contributed by atoms with Gasteiger partial charge in [0.15, 0.2) is 4.32 Å². The summed E-state index contributed by atoms with van der Waals surface area (Å²) >= 11 is 6.07. The Bertz CT molecular complexity index is 987. The lowest BCUT2D eigenvalue weighted by molar-refractivity contribution is -0.137. The maximum atomic E-state index is 12.6. The third-order valence-corrected chi connectivity index (χ3v) is 5.20. The highest BCUT2D eigenvalue weighted by molar-refractivity contribution is 8.26. The predicted octanol–water partition coefficient (Wildman–Crippen LogP) is 4.26. The van der Waals surface area contributed by atoms with E-state index < -0.39 is 23.6 Å². The lowest BCUT2D eigenvalue weighted by Gasteiger charge is -2.15. The fourth-order valence-corrected chi connectivity index (χ4v) is 3.57. The number of alkyl halides is 3. The number of carbonyl (C=O) groups excluding carboxylic acids is 2. The smallest absolute Gasteiger partial charge is 0.416 e. The molecular formula is C19H13F3N2O3S2. The number of halogens is 3. The van der Waals surface area contributed by atoms with Crippen molar-refractivity contribution in [2.24, 2.45) is 0 Å². The molecule has 3 rings (SSSR count). The highest BCUT2D eigenvalue weighted by Gasteiger charge is 2.34. The molecule has 0 aromatic heterocycles. The normalized spacial score (nSPS) is 15.7. The number of hydrazine groups is 1. The molecule has 0 aliphatic carbocycles. The first-order valence-corrected chi connectivity index (χ1v) is 9.32. The number of thiocarbonyl (C=S) groups is 1. The van der Waals surface area contributed by atoms with E-state index in [0.717, 1.165) is 28.9 Å². The van der Waals surface area contributed by atoms with Gasteiger partial charge in [0.1, 0.15) is 5.75 Å². The van der Waals surface area contributed by atoms with E-state index in [4.69, 9.17) is 17.0 Å². The van der Waals surface area contributed by atoms with Crippen LogP contribution in [0.25, 0.3) is 6.08 Å². The molecule has 0 saturated carbocycles. The number of rotatable bonds is 4. The molecule has 0 radical (unpaired) electrons. The quantitative estimate of drug-likeness (QED) is 0.571. The predicted molar refractivity (Wildman–Crippen MR) is 107 cm³/mol. The maximum absolute atomic E-state index is 12.6. The van der Waals surface area contributed by atoms with Crippen molar-refractivity contribution in [3.63, 3.8) is 0 Å². The molecule has 2 amide bonds. The zero-order chi connectivity index (χ0) is 21.2. The zero-order valence-electron chi connectivity index (χ0n) is 14.8. The molecule has 1 aliphatic heterocycles. The van der Waals surface area contributed by atoms with Gasteiger partial charge in [-0.1, -0.05) is 23.9 Å². The van der Waals surface area contributed by atoms with Gasteiger partial charge in [-0.25, -0.2) is 0 Å². The van der Waals surface area contributed by atoms with Gasteiger partial charge >= 0.3 is 6.18 Å². The summed E-state index contributed by atoms with van der Waals surface area (Å²) in [4.78, 5) is 25.1. The van der Waals surface area contributed by atoms with E-state index in [2.05, 4.69) is 5.43 Å². The van der Waals surface area contributed by atoms with Crippen molar-refractivity contribution in [2.75, 3.05) is 7.11 Å². The molecule has 2 aromatic rings. The van der Waals surface area contributed by atoms with Crippen molar-refractivity contribution in [3.05, 3.63) is 70.1 Å². The van der Waals surface area contributed by atoms with Gasteiger partial charge in [0.05, 0.1) is 17.6 Å². The van der Waals surface area contributed by atoms with Crippen LogP contribution < -0.4 is 10.2 Å². The molecule has 1 N–H and O–H groups in total. The third kappa shape index (κ3) is 4.77. The van der Waals surface area contributed by atoms with Crippen molar-refractivity contribution < 1.29 is 27.5 Å². The summed E-state index contributed by atoms with van der Waals surface area (Å²) < 4.78 is 43.1. The largest absolute Gasteiger partial charge is 0.497 e. The Labute approximate surface area is 173 Å². The highest BCUT2D eigenvalue weighted by Crippen LogP contribution is 2.33. The monoisotopic (exact) mass is 438 g/mol. The van der Waals surface area contributed by atoms with Gasteiger partial charge in [0.25, 0.3) is 11.8 Å². The van der Waals surface area contributed by atoms with Gasteiger partial charge in [-0.2, -0.15) is 18.2 Å². The van der Waals surface area contributed by atoms with Crippen LogP contribution in [0.5, 0.6) is 5.75 Å². The number of ether oxygens (including phenoxy) is 1. The molecule has 0 atom stereocenters. The molecule has 0 unspecified atom stereocenters. The molecule has 0 bridgehead atoms. The van der Waals surface area contributed by atoms with Gasteiger partial charge in [-0.15, -0.1) is 0 Å². The minimum Gasteiger partial charge on any atom is -0.497 e. The lowest BCUT2D eigenvalue weighted by Crippen LogP contribution is -2.44. The van der Waals surface area contributed by atoms with E-state index in [9.17, 15) is 22.8 Å². The lowest BCUT2D eigenvalue weighted by atomic mass is 10.1. The first kappa shape index (κ1) is 20.9. The zero-order valence-corrected chi connectivity index (χ0v) is 16.5. The SMILES string of the molecule is COc1ccc(C(=O)NN2C(=O)C(=Cc3ccc(C(F)(F)F)cc3)SC2=S)cc1. The molecule has 1 heterocycles. The fraction of sp³-hybridized carbons (Fsp3) is 0.105. The van der Waals surface area contributed by atoms with Crippen LogP contribution in [0.4, 0.5) is 13.2 Å². The van der Waals surface area contributed by atoms with Crippen LogP contribution in [-0.2, 0) is 11.0 Å². The second-order valence-corrected chi connectivity index (χ2v) is 7.48. The van der Waals surface area contributed by atoms with Gasteiger partial charge in [-0.05, 0) is 60.3 Å². The number of hydrogen-bond acceptors (Lipinski definition) is 5. The van der Waals surface area contributed by atoms with E-state index in [1.54, 1.807) is 12.1 Å².